The first-order valence-electron chi connectivity index (χ1n) is 5.77. The fraction of sp³-hybridized carbons (Fsp3) is 0.538. The van der Waals surface area contributed by atoms with Crippen LogP contribution < -0.4 is 0 Å². The average Bonchev–Trinajstić information content (AvgIpc) is 2.33. The van der Waals surface area contributed by atoms with Gasteiger partial charge in [-0.3, -0.25) is 0 Å². The van der Waals surface area contributed by atoms with Crippen LogP contribution in [-0.2, 0) is 15.9 Å². The lowest BCUT2D eigenvalue weighted by atomic mass is 10.1. The molecule has 2 rings (SSSR count). The number of hydrogen-bond donors (Lipinski definition) is 1. The molecule has 0 radical (unpaired) electrons. The van der Waals surface area contributed by atoms with Crippen molar-refractivity contribution in [2.45, 2.75) is 25.0 Å². The Kier molecular flexibility index (Phi) is 4.34. The van der Waals surface area contributed by atoms with E-state index in [2.05, 4.69) is 12.1 Å². The van der Waals surface area contributed by atoms with Crippen LogP contribution in [0.1, 0.15) is 12.0 Å². The molecule has 0 aromatic heterocycles. The van der Waals surface area contributed by atoms with Crippen molar-refractivity contribution in [1.82, 2.24) is 0 Å². The molecule has 3 nitrogen and oxygen atoms in total. The average molecular weight is 222 g/mol. The van der Waals surface area contributed by atoms with Crippen molar-refractivity contribution in [2.75, 3.05) is 19.8 Å². The first kappa shape index (κ1) is 11.6. The van der Waals surface area contributed by atoms with Gasteiger partial charge in [0, 0.05) is 6.61 Å². The molecular weight excluding hydrogens is 204 g/mol. The highest BCUT2D eigenvalue weighted by molar-refractivity contribution is 5.14. The number of aliphatic hydroxyl groups is 1. The second-order valence-electron chi connectivity index (χ2n) is 4.08. The number of ether oxygens (including phenoxy) is 2. The maximum atomic E-state index is 9.66. The zero-order chi connectivity index (χ0) is 11.2. The quantitative estimate of drug-likeness (QED) is 0.836. The minimum absolute atomic E-state index is 0.155. The Morgan fingerprint density at radius 2 is 2.12 bits per heavy atom. The summed E-state index contributed by atoms with van der Waals surface area (Å²) >= 11 is 0. The molecule has 0 saturated carbocycles. The highest BCUT2D eigenvalue weighted by atomic mass is 16.5. The Morgan fingerprint density at radius 1 is 1.31 bits per heavy atom. The van der Waals surface area contributed by atoms with Gasteiger partial charge in [-0.15, -0.1) is 0 Å². The second-order valence-corrected chi connectivity index (χ2v) is 4.08. The van der Waals surface area contributed by atoms with Gasteiger partial charge in [0.25, 0.3) is 0 Å². The molecule has 0 amide bonds. The van der Waals surface area contributed by atoms with E-state index in [4.69, 9.17) is 9.47 Å². The lowest BCUT2D eigenvalue weighted by Crippen LogP contribution is -2.39. The molecule has 3 heteroatoms. The van der Waals surface area contributed by atoms with Crippen LogP contribution in [0, 0.1) is 0 Å². The van der Waals surface area contributed by atoms with E-state index < -0.39 is 0 Å². The summed E-state index contributed by atoms with van der Waals surface area (Å²) in [5, 5.41) is 9.66. The van der Waals surface area contributed by atoms with Crippen LogP contribution in [0.15, 0.2) is 30.3 Å². The van der Waals surface area contributed by atoms with E-state index in [1.165, 1.54) is 5.56 Å². The highest BCUT2D eigenvalue weighted by Crippen LogP contribution is 2.11. The molecule has 1 aliphatic rings. The first-order valence-corrected chi connectivity index (χ1v) is 5.77. The molecular formula is C13H18O3. The molecule has 1 aromatic rings. The topological polar surface area (TPSA) is 38.7 Å². The molecule has 0 aliphatic carbocycles. The third kappa shape index (κ3) is 3.30. The fourth-order valence-electron chi connectivity index (χ4n) is 1.83. The van der Waals surface area contributed by atoms with E-state index in [1.54, 1.807) is 0 Å². The standard InChI is InChI=1S/C13H18O3/c14-12-7-8-15-10-13(12)16-9-6-11-4-2-1-3-5-11/h1-5,12-14H,6-10H2. The van der Waals surface area contributed by atoms with Crippen molar-refractivity contribution in [3.8, 4) is 0 Å². The number of hydrogen-bond acceptors (Lipinski definition) is 3. The zero-order valence-electron chi connectivity index (χ0n) is 9.34. The maximum Gasteiger partial charge on any atom is 0.107 e. The van der Waals surface area contributed by atoms with Crippen molar-refractivity contribution < 1.29 is 14.6 Å². The van der Waals surface area contributed by atoms with E-state index in [1.807, 2.05) is 18.2 Å². The van der Waals surface area contributed by atoms with Gasteiger partial charge >= 0.3 is 0 Å². The van der Waals surface area contributed by atoms with E-state index in [9.17, 15) is 5.11 Å². The Labute approximate surface area is 96.0 Å². The molecule has 88 valence electrons. The summed E-state index contributed by atoms with van der Waals surface area (Å²) in [6, 6.07) is 10.2. The third-order valence-corrected chi connectivity index (χ3v) is 2.83. The summed E-state index contributed by atoms with van der Waals surface area (Å²) < 4.78 is 10.9. The molecule has 0 spiro atoms. The Balaban J connectivity index is 1.71. The molecule has 1 N–H and O–H groups in total. The summed E-state index contributed by atoms with van der Waals surface area (Å²) in [6.07, 6.45) is 1.03. The largest absolute Gasteiger partial charge is 0.390 e. The van der Waals surface area contributed by atoms with Gasteiger partial charge in [-0.1, -0.05) is 30.3 Å². The molecule has 1 fully saturated rings. The van der Waals surface area contributed by atoms with Crippen molar-refractivity contribution in [2.24, 2.45) is 0 Å². The molecule has 1 saturated heterocycles. The SMILES string of the molecule is OC1CCOCC1OCCc1ccccc1. The Morgan fingerprint density at radius 3 is 2.88 bits per heavy atom. The van der Waals surface area contributed by atoms with Crippen molar-refractivity contribution >= 4 is 0 Å². The van der Waals surface area contributed by atoms with Crippen molar-refractivity contribution in [3.63, 3.8) is 0 Å². The van der Waals surface area contributed by atoms with Crippen molar-refractivity contribution in [1.29, 1.82) is 0 Å². The molecule has 1 aromatic carbocycles. The zero-order valence-corrected chi connectivity index (χ0v) is 9.34. The minimum atomic E-state index is -0.371. The Bertz CT molecular complexity index is 299. The predicted molar refractivity (Wildman–Crippen MR) is 61.3 cm³/mol. The third-order valence-electron chi connectivity index (χ3n) is 2.83. The van der Waals surface area contributed by atoms with Gasteiger partial charge in [0.2, 0.25) is 0 Å². The molecule has 16 heavy (non-hydrogen) atoms. The first-order chi connectivity index (χ1) is 7.86. The highest BCUT2D eigenvalue weighted by Gasteiger charge is 2.23. The van der Waals surface area contributed by atoms with E-state index in [0.29, 0.717) is 26.2 Å². The van der Waals surface area contributed by atoms with E-state index >= 15 is 0 Å². The molecule has 2 atom stereocenters. The molecule has 2 unspecified atom stereocenters. The van der Waals surface area contributed by atoms with Crippen LogP contribution in [-0.4, -0.2) is 37.1 Å². The van der Waals surface area contributed by atoms with Crippen LogP contribution >= 0.6 is 0 Å². The van der Waals surface area contributed by atoms with E-state index in [0.717, 1.165) is 6.42 Å². The van der Waals surface area contributed by atoms with Crippen LogP contribution in [0.25, 0.3) is 0 Å². The lowest BCUT2D eigenvalue weighted by molar-refractivity contribution is -0.116. The van der Waals surface area contributed by atoms with Crippen molar-refractivity contribution in [3.05, 3.63) is 35.9 Å². The lowest BCUT2D eigenvalue weighted by Gasteiger charge is -2.27. The minimum Gasteiger partial charge on any atom is -0.390 e. The van der Waals surface area contributed by atoms with Gasteiger partial charge in [-0.05, 0) is 18.4 Å². The smallest absolute Gasteiger partial charge is 0.107 e. The van der Waals surface area contributed by atoms with Crippen LogP contribution in [0.5, 0.6) is 0 Å². The number of benzene rings is 1. The normalized spacial score (nSPS) is 25.6. The summed E-state index contributed by atoms with van der Waals surface area (Å²) in [5.74, 6) is 0. The summed E-state index contributed by atoms with van der Waals surface area (Å²) in [6.45, 7) is 1.78. The molecule has 1 heterocycles. The van der Waals surface area contributed by atoms with Crippen LogP contribution in [0.3, 0.4) is 0 Å². The van der Waals surface area contributed by atoms with E-state index in [-0.39, 0.29) is 12.2 Å². The number of rotatable bonds is 4. The maximum absolute atomic E-state index is 9.66. The number of aliphatic hydroxyl groups excluding tert-OH is 1. The summed E-state index contributed by atoms with van der Waals surface area (Å²) in [5.41, 5.74) is 1.26. The second kappa shape index (κ2) is 5.99. The van der Waals surface area contributed by atoms with Crippen LogP contribution in [0.2, 0.25) is 0 Å². The van der Waals surface area contributed by atoms with Gasteiger partial charge in [-0.2, -0.15) is 0 Å². The van der Waals surface area contributed by atoms with Gasteiger partial charge in [0.1, 0.15) is 6.10 Å². The molecule has 1 aliphatic heterocycles. The molecule has 0 bridgehead atoms. The van der Waals surface area contributed by atoms with Gasteiger partial charge in [0.15, 0.2) is 0 Å². The Hall–Kier alpha value is -0.900. The summed E-state index contributed by atoms with van der Waals surface area (Å²) in [4.78, 5) is 0. The predicted octanol–water partition coefficient (Wildman–Crippen LogP) is 1.40. The summed E-state index contributed by atoms with van der Waals surface area (Å²) in [7, 11) is 0. The van der Waals surface area contributed by atoms with Crippen LogP contribution in [0.4, 0.5) is 0 Å². The fourth-order valence-corrected chi connectivity index (χ4v) is 1.83. The van der Waals surface area contributed by atoms with Gasteiger partial charge in [-0.25, -0.2) is 0 Å². The van der Waals surface area contributed by atoms with Gasteiger partial charge in [0.05, 0.1) is 19.3 Å². The monoisotopic (exact) mass is 222 g/mol. The van der Waals surface area contributed by atoms with Gasteiger partial charge < -0.3 is 14.6 Å².